The summed E-state index contributed by atoms with van der Waals surface area (Å²) in [4.78, 5) is 16.4. The average Bonchev–Trinajstić information content (AvgIpc) is 2.68. The van der Waals surface area contributed by atoms with Crippen molar-refractivity contribution in [3.05, 3.63) is 34.7 Å². The molecule has 3 atom stereocenters. The van der Waals surface area contributed by atoms with Gasteiger partial charge in [-0.2, -0.15) is 0 Å². The molecule has 1 aliphatic carbocycles. The smallest absolute Gasteiger partial charge is 0.250 e. The summed E-state index contributed by atoms with van der Waals surface area (Å²) >= 11 is 0. The Bertz CT molecular complexity index is 680. The largest absolute Gasteiger partial charge is 0.357 e. The number of aryl methyl sites for hydroxylation is 1. The Labute approximate surface area is 188 Å². The highest BCUT2D eigenvalue weighted by Gasteiger charge is 2.25. The lowest BCUT2D eigenvalue weighted by Gasteiger charge is -2.30. The minimum atomic E-state index is -0.709. The normalized spacial score (nSPS) is 20.9. The van der Waals surface area contributed by atoms with Crippen molar-refractivity contribution >= 4 is 40.7 Å². The van der Waals surface area contributed by atoms with Crippen molar-refractivity contribution < 1.29 is 4.21 Å². The number of pyridine rings is 1. The molecular formula is C20H35IN4O2S. The van der Waals surface area contributed by atoms with E-state index in [0.717, 1.165) is 69.9 Å². The number of hydrogen-bond acceptors (Lipinski definition) is 3. The molecule has 1 aromatic rings. The number of nitrogens with zero attached hydrogens (tertiary/aromatic N) is 2. The van der Waals surface area contributed by atoms with Crippen LogP contribution in [0.25, 0.3) is 0 Å². The van der Waals surface area contributed by atoms with E-state index >= 15 is 0 Å². The Kier molecular flexibility index (Phi) is 12.7. The summed E-state index contributed by atoms with van der Waals surface area (Å²) in [6.45, 7) is 6.35. The standard InChI is InChI=1S/C20H34N4O2S.HI/c1-3-21-20(23-17-10-9-11-18(16-17)27(26)4-2)22-13-6-8-15-24-14-7-5-12-19(24)25;/h5,7,12,14,17-18H,3-4,6,8-11,13,15-16H2,1-2H3,(H2,21,22,23);1H. The minimum absolute atomic E-state index is 0. The molecule has 1 saturated carbocycles. The second kappa shape index (κ2) is 14.1. The molecule has 28 heavy (non-hydrogen) atoms. The van der Waals surface area contributed by atoms with E-state index in [1.165, 1.54) is 0 Å². The van der Waals surface area contributed by atoms with Crippen LogP contribution in [0.3, 0.4) is 0 Å². The average molecular weight is 522 g/mol. The fraction of sp³-hybridized carbons (Fsp3) is 0.700. The van der Waals surface area contributed by atoms with Crippen molar-refractivity contribution in [1.82, 2.24) is 15.2 Å². The van der Waals surface area contributed by atoms with Gasteiger partial charge in [-0.15, -0.1) is 24.0 Å². The molecule has 160 valence electrons. The van der Waals surface area contributed by atoms with Gasteiger partial charge in [-0.1, -0.05) is 19.4 Å². The van der Waals surface area contributed by atoms with Crippen LogP contribution < -0.4 is 16.2 Å². The van der Waals surface area contributed by atoms with E-state index in [1.807, 2.05) is 19.2 Å². The van der Waals surface area contributed by atoms with Gasteiger partial charge in [0.15, 0.2) is 5.96 Å². The molecule has 0 amide bonds. The highest BCUT2D eigenvalue weighted by atomic mass is 127. The number of aliphatic imine (C=N–C) groups is 1. The Morgan fingerprint density at radius 3 is 2.82 bits per heavy atom. The molecule has 0 saturated heterocycles. The molecule has 0 aromatic carbocycles. The lowest BCUT2D eigenvalue weighted by atomic mass is 9.95. The molecular weight excluding hydrogens is 487 g/mol. The quantitative estimate of drug-likeness (QED) is 0.227. The van der Waals surface area contributed by atoms with E-state index < -0.39 is 10.8 Å². The Morgan fingerprint density at radius 1 is 1.29 bits per heavy atom. The molecule has 8 heteroatoms. The first kappa shape index (κ1) is 25.1. The van der Waals surface area contributed by atoms with Crippen LogP contribution in [0.1, 0.15) is 52.4 Å². The molecule has 1 aromatic heterocycles. The van der Waals surface area contributed by atoms with Gasteiger partial charge >= 0.3 is 0 Å². The maximum absolute atomic E-state index is 12.1. The maximum atomic E-state index is 12.1. The molecule has 2 N–H and O–H groups in total. The number of aromatic nitrogens is 1. The summed E-state index contributed by atoms with van der Waals surface area (Å²) in [5.41, 5.74) is 0.0484. The van der Waals surface area contributed by atoms with Gasteiger partial charge in [0.2, 0.25) is 5.56 Å². The van der Waals surface area contributed by atoms with Crippen molar-refractivity contribution in [2.24, 2.45) is 4.99 Å². The van der Waals surface area contributed by atoms with Gasteiger partial charge < -0.3 is 15.2 Å². The molecule has 2 rings (SSSR count). The third-order valence-corrected chi connectivity index (χ3v) is 6.68. The predicted octanol–water partition coefficient (Wildman–Crippen LogP) is 2.88. The van der Waals surface area contributed by atoms with Gasteiger partial charge in [0.25, 0.3) is 0 Å². The van der Waals surface area contributed by atoms with E-state index in [-0.39, 0.29) is 29.5 Å². The topological polar surface area (TPSA) is 75.5 Å². The number of unbranched alkanes of at least 4 members (excludes halogenated alkanes) is 1. The summed E-state index contributed by atoms with van der Waals surface area (Å²) in [5.74, 6) is 1.60. The van der Waals surface area contributed by atoms with Gasteiger partial charge in [-0.3, -0.25) is 14.0 Å². The Balaban J connectivity index is 0.00000392. The zero-order valence-corrected chi connectivity index (χ0v) is 20.2. The highest BCUT2D eigenvalue weighted by Crippen LogP contribution is 2.22. The molecule has 3 unspecified atom stereocenters. The van der Waals surface area contributed by atoms with E-state index in [4.69, 9.17) is 0 Å². The van der Waals surface area contributed by atoms with Crippen LogP contribution in [0.15, 0.2) is 34.2 Å². The van der Waals surface area contributed by atoms with Crippen molar-refractivity contribution in [3.8, 4) is 0 Å². The Hall–Kier alpha value is -0.900. The van der Waals surface area contributed by atoms with Gasteiger partial charge in [-0.05, 0) is 45.1 Å². The first-order valence-corrected chi connectivity index (χ1v) is 11.6. The number of guanidine groups is 1. The molecule has 1 heterocycles. The van der Waals surface area contributed by atoms with Crippen molar-refractivity contribution in [3.63, 3.8) is 0 Å². The Morgan fingerprint density at radius 2 is 2.11 bits per heavy atom. The van der Waals surface area contributed by atoms with Crippen LogP contribution in [-0.2, 0) is 17.3 Å². The molecule has 0 aliphatic heterocycles. The monoisotopic (exact) mass is 522 g/mol. The predicted molar refractivity (Wildman–Crippen MR) is 129 cm³/mol. The van der Waals surface area contributed by atoms with Crippen LogP contribution in [0, 0.1) is 0 Å². The van der Waals surface area contributed by atoms with E-state index in [9.17, 15) is 9.00 Å². The molecule has 6 nitrogen and oxygen atoms in total. The third-order valence-electron chi connectivity index (χ3n) is 4.94. The first-order chi connectivity index (χ1) is 13.1. The van der Waals surface area contributed by atoms with E-state index in [2.05, 4.69) is 22.5 Å². The van der Waals surface area contributed by atoms with Crippen LogP contribution in [0.4, 0.5) is 0 Å². The van der Waals surface area contributed by atoms with E-state index in [1.54, 1.807) is 16.7 Å². The maximum Gasteiger partial charge on any atom is 0.250 e. The lowest BCUT2D eigenvalue weighted by molar-refractivity contribution is 0.413. The molecule has 0 bridgehead atoms. The third kappa shape index (κ3) is 8.63. The number of hydrogen-bond donors (Lipinski definition) is 2. The van der Waals surface area contributed by atoms with Gasteiger partial charge in [0.1, 0.15) is 0 Å². The second-order valence-corrected chi connectivity index (χ2v) is 9.00. The summed E-state index contributed by atoms with van der Waals surface area (Å²) in [6.07, 6.45) is 7.96. The minimum Gasteiger partial charge on any atom is -0.357 e. The number of halogens is 1. The second-order valence-electron chi connectivity index (χ2n) is 7.00. The summed E-state index contributed by atoms with van der Waals surface area (Å²) in [7, 11) is -0.709. The zero-order chi connectivity index (χ0) is 19.5. The van der Waals surface area contributed by atoms with Gasteiger partial charge in [0.05, 0.1) is 0 Å². The number of rotatable bonds is 9. The zero-order valence-electron chi connectivity index (χ0n) is 17.1. The molecule has 0 radical (unpaired) electrons. The first-order valence-electron chi connectivity index (χ1n) is 10.2. The fourth-order valence-electron chi connectivity index (χ4n) is 3.49. The SMILES string of the molecule is CCNC(=NCCCCn1ccccc1=O)NC1CCCC(S(=O)CC)C1.I. The summed E-state index contributed by atoms with van der Waals surface area (Å²) < 4.78 is 13.9. The van der Waals surface area contributed by atoms with Crippen molar-refractivity contribution in [1.29, 1.82) is 0 Å². The van der Waals surface area contributed by atoms with Crippen molar-refractivity contribution in [2.75, 3.05) is 18.8 Å². The fourth-order valence-corrected chi connectivity index (χ4v) is 4.84. The van der Waals surface area contributed by atoms with Crippen LogP contribution in [0.5, 0.6) is 0 Å². The molecule has 1 fully saturated rings. The summed E-state index contributed by atoms with van der Waals surface area (Å²) in [6, 6.07) is 5.59. The van der Waals surface area contributed by atoms with Gasteiger partial charge in [0, 0.05) is 59.7 Å². The van der Waals surface area contributed by atoms with Gasteiger partial charge in [-0.25, -0.2) is 0 Å². The van der Waals surface area contributed by atoms with Crippen LogP contribution >= 0.6 is 24.0 Å². The lowest BCUT2D eigenvalue weighted by Crippen LogP contribution is -2.46. The van der Waals surface area contributed by atoms with Crippen LogP contribution in [0.2, 0.25) is 0 Å². The molecule has 0 spiro atoms. The van der Waals surface area contributed by atoms with E-state index in [0.29, 0.717) is 11.3 Å². The molecule has 1 aliphatic rings. The van der Waals surface area contributed by atoms with Crippen LogP contribution in [-0.4, -0.2) is 44.9 Å². The number of nitrogens with one attached hydrogen (secondary N) is 2. The summed E-state index contributed by atoms with van der Waals surface area (Å²) in [5, 5.41) is 7.16. The van der Waals surface area contributed by atoms with Crippen molar-refractivity contribution in [2.45, 2.75) is 70.2 Å². The highest BCUT2D eigenvalue weighted by molar-refractivity contribution is 14.0.